The smallest absolute Gasteiger partial charge is 0.283 e. The molecule has 0 spiro atoms. The molecule has 6 nitrogen and oxygen atoms in total. The van der Waals surface area contributed by atoms with E-state index in [1.165, 1.54) is 10.7 Å². The summed E-state index contributed by atoms with van der Waals surface area (Å²) in [4.78, 5) is 12.5. The summed E-state index contributed by atoms with van der Waals surface area (Å²) in [6, 6.07) is 8.03. The van der Waals surface area contributed by atoms with E-state index in [0.29, 0.717) is 11.3 Å². The Balaban J connectivity index is 1.48. The Morgan fingerprint density at radius 3 is 2.67 bits per heavy atom. The zero-order chi connectivity index (χ0) is 21.4. The van der Waals surface area contributed by atoms with Gasteiger partial charge in [0.05, 0.1) is 17.3 Å². The van der Waals surface area contributed by atoms with Crippen molar-refractivity contribution in [1.29, 1.82) is 0 Å². The van der Waals surface area contributed by atoms with E-state index in [0.717, 1.165) is 18.5 Å². The third-order valence-corrected chi connectivity index (χ3v) is 5.33. The van der Waals surface area contributed by atoms with Crippen molar-refractivity contribution in [3.05, 3.63) is 63.8 Å². The number of anilines is 1. The lowest BCUT2D eigenvalue weighted by Gasteiger charge is -2.07. The second-order valence-corrected chi connectivity index (χ2v) is 7.66. The van der Waals surface area contributed by atoms with Gasteiger partial charge in [0.2, 0.25) is 5.91 Å². The van der Waals surface area contributed by atoms with Gasteiger partial charge in [-0.2, -0.15) is 10.2 Å². The van der Waals surface area contributed by atoms with E-state index in [1.807, 2.05) is 0 Å². The summed E-state index contributed by atoms with van der Waals surface area (Å²) in [5.41, 5.74) is 1.18. The summed E-state index contributed by atoms with van der Waals surface area (Å²) in [5.74, 6) is -0.468. The molecule has 10 heteroatoms. The Labute approximate surface area is 175 Å². The number of hydrogen-bond acceptors (Lipinski definition) is 3. The number of carbonyl (C=O) groups excluding carboxylic acids is 1. The molecule has 0 radical (unpaired) electrons. The molecule has 4 rings (SSSR count). The number of hydrogen-bond donors (Lipinski definition) is 1. The molecule has 1 aromatic carbocycles. The highest BCUT2D eigenvalue weighted by Gasteiger charge is 2.34. The van der Waals surface area contributed by atoms with E-state index in [4.69, 9.17) is 11.6 Å². The van der Waals surface area contributed by atoms with Crippen LogP contribution in [0.3, 0.4) is 0 Å². The van der Waals surface area contributed by atoms with Crippen LogP contribution < -0.4 is 5.32 Å². The third-order valence-electron chi connectivity index (χ3n) is 4.95. The topological polar surface area (TPSA) is 64.7 Å². The molecule has 158 valence electrons. The number of carbonyl (C=O) groups is 1. The first kappa shape index (κ1) is 20.5. The zero-order valence-electron chi connectivity index (χ0n) is 16.1. The maximum absolute atomic E-state index is 13.9. The fourth-order valence-electron chi connectivity index (χ4n) is 3.32. The van der Waals surface area contributed by atoms with Gasteiger partial charge in [-0.05, 0) is 25.8 Å². The molecule has 0 bridgehead atoms. The van der Waals surface area contributed by atoms with Crippen LogP contribution in [0.5, 0.6) is 0 Å². The molecule has 0 atom stereocenters. The van der Waals surface area contributed by atoms with Gasteiger partial charge in [-0.3, -0.25) is 14.2 Å². The molecule has 1 N–H and O–H groups in total. The number of rotatable bonds is 7. The van der Waals surface area contributed by atoms with E-state index in [1.54, 1.807) is 35.9 Å². The van der Waals surface area contributed by atoms with E-state index >= 15 is 0 Å². The number of aromatic nitrogens is 4. The maximum atomic E-state index is 13.9. The Kier molecular flexibility index (Phi) is 5.55. The van der Waals surface area contributed by atoms with Crippen LogP contribution in [0.25, 0.3) is 0 Å². The van der Waals surface area contributed by atoms with Crippen molar-refractivity contribution in [2.45, 2.75) is 45.2 Å². The lowest BCUT2D eigenvalue weighted by Crippen LogP contribution is -2.21. The minimum absolute atomic E-state index is 0.0486. The number of amides is 1. The maximum Gasteiger partial charge on any atom is 0.283 e. The van der Waals surface area contributed by atoms with Gasteiger partial charge in [0.25, 0.3) is 6.43 Å². The zero-order valence-corrected chi connectivity index (χ0v) is 16.8. The van der Waals surface area contributed by atoms with Crippen molar-refractivity contribution < 1.29 is 18.0 Å². The summed E-state index contributed by atoms with van der Waals surface area (Å²) in [6.45, 7) is 1.75. The van der Waals surface area contributed by atoms with Crippen LogP contribution in [0.2, 0.25) is 5.02 Å². The Hall–Kier alpha value is -2.81. The van der Waals surface area contributed by atoms with E-state index in [-0.39, 0.29) is 35.7 Å². The summed E-state index contributed by atoms with van der Waals surface area (Å²) in [6.07, 6.45) is -1.15. The van der Waals surface area contributed by atoms with E-state index in [9.17, 15) is 18.0 Å². The normalized spacial score (nSPS) is 13.8. The first-order valence-electron chi connectivity index (χ1n) is 9.45. The highest BCUT2D eigenvalue weighted by atomic mass is 35.5. The number of halogens is 4. The number of benzene rings is 1. The molecule has 3 aromatic rings. The molecule has 1 saturated carbocycles. The van der Waals surface area contributed by atoms with Crippen LogP contribution in [0.1, 0.15) is 47.8 Å². The molecular weight excluding hydrogens is 419 g/mol. The summed E-state index contributed by atoms with van der Waals surface area (Å²) >= 11 is 6.08. The van der Waals surface area contributed by atoms with Crippen LogP contribution in [0, 0.1) is 12.7 Å². The molecule has 2 aromatic heterocycles. The second-order valence-electron chi connectivity index (χ2n) is 7.29. The minimum Gasteiger partial charge on any atom is -0.308 e. The van der Waals surface area contributed by atoms with Crippen LogP contribution >= 0.6 is 11.6 Å². The molecule has 1 aliphatic carbocycles. The van der Waals surface area contributed by atoms with Gasteiger partial charge in [-0.25, -0.2) is 13.2 Å². The lowest BCUT2D eigenvalue weighted by atomic mass is 10.2. The highest BCUT2D eigenvalue weighted by molar-refractivity contribution is 6.32. The summed E-state index contributed by atoms with van der Waals surface area (Å²) < 4.78 is 43.0. The van der Waals surface area contributed by atoms with Gasteiger partial charge in [0.15, 0.2) is 5.82 Å². The standard InChI is InChI=1S/C20H19ClF3N5O/c1-11-8-15(26-28(11)9-13-4-2-3-5-14(13)22)25-16(30)10-29-19(12-6-7-12)17(21)18(27-29)20(23)24/h2-5,8,12,20H,6-7,9-10H2,1H3,(H,25,26,30). The van der Waals surface area contributed by atoms with Gasteiger partial charge >= 0.3 is 0 Å². The first-order chi connectivity index (χ1) is 14.3. The molecular formula is C20H19ClF3N5O. The summed E-state index contributed by atoms with van der Waals surface area (Å²) in [5, 5.41) is 10.7. The lowest BCUT2D eigenvalue weighted by molar-refractivity contribution is -0.117. The molecule has 0 unspecified atom stereocenters. The highest BCUT2D eigenvalue weighted by Crippen LogP contribution is 2.45. The van der Waals surface area contributed by atoms with Crippen molar-refractivity contribution in [2.24, 2.45) is 0 Å². The fourth-order valence-corrected chi connectivity index (χ4v) is 3.69. The van der Waals surface area contributed by atoms with Crippen LogP contribution in [-0.2, 0) is 17.9 Å². The second kappa shape index (κ2) is 8.14. The predicted octanol–water partition coefficient (Wildman–Crippen LogP) is 4.68. The Morgan fingerprint density at radius 1 is 1.27 bits per heavy atom. The Morgan fingerprint density at radius 2 is 2.00 bits per heavy atom. The van der Waals surface area contributed by atoms with Crippen LogP contribution in [0.15, 0.2) is 30.3 Å². The molecule has 1 aliphatic rings. The van der Waals surface area contributed by atoms with E-state index in [2.05, 4.69) is 15.5 Å². The molecule has 0 saturated heterocycles. The molecule has 2 heterocycles. The van der Waals surface area contributed by atoms with Crippen LogP contribution in [-0.4, -0.2) is 25.5 Å². The van der Waals surface area contributed by atoms with Gasteiger partial charge in [0.1, 0.15) is 18.1 Å². The van der Waals surface area contributed by atoms with Crippen molar-refractivity contribution in [3.63, 3.8) is 0 Å². The van der Waals surface area contributed by atoms with Gasteiger partial charge in [0, 0.05) is 23.2 Å². The number of aryl methyl sites for hydroxylation is 1. The molecule has 1 amide bonds. The average Bonchev–Trinajstić information content (AvgIpc) is 3.38. The number of nitrogens with zero attached hydrogens (tertiary/aromatic N) is 4. The quantitative estimate of drug-likeness (QED) is 0.583. The SMILES string of the molecule is Cc1cc(NC(=O)Cn2nc(C(F)F)c(Cl)c2C2CC2)nn1Cc1ccccc1F. The van der Waals surface area contributed by atoms with Crippen LogP contribution in [0.4, 0.5) is 19.0 Å². The van der Waals surface area contributed by atoms with E-state index < -0.39 is 18.0 Å². The van der Waals surface area contributed by atoms with Crippen molar-refractivity contribution >= 4 is 23.3 Å². The molecule has 0 aliphatic heterocycles. The van der Waals surface area contributed by atoms with Crippen molar-refractivity contribution in [1.82, 2.24) is 19.6 Å². The van der Waals surface area contributed by atoms with Gasteiger partial charge in [-0.1, -0.05) is 29.8 Å². The fraction of sp³-hybridized carbons (Fsp3) is 0.350. The monoisotopic (exact) mass is 437 g/mol. The summed E-state index contributed by atoms with van der Waals surface area (Å²) in [7, 11) is 0. The minimum atomic E-state index is -2.81. The van der Waals surface area contributed by atoms with Crippen molar-refractivity contribution in [3.8, 4) is 0 Å². The third kappa shape index (κ3) is 4.21. The molecule has 1 fully saturated rings. The Bertz CT molecular complexity index is 1090. The first-order valence-corrected chi connectivity index (χ1v) is 9.83. The number of alkyl halides is 2. The largest absolute Gasteiger partial charge is 0.308 e. The van der Waals surface area contributed by atoms with Crippen molar-refractivity contribution in [2.75, 3.05) is 5.32 Å². The molecule has 30 heavy (non-hydrogen) atoms. The predicted molar refractivity (Wildman–Crippen MR) is 105 cm³/mol. The van der Waals surface area contributed by atoms with Gasteiger partial charge < -0.3 is 5.32 Å². The number of nitrogens with one attached hydrogen (secondary N) is 1. The van der Waals surface area contributed by atoms with Gasteiger partial charge in [-0.15, -0.1) is 0 Å². The average molecular weight is 438 g/mol.